The van der Waals surface area contributed by atoms with Crippen LogP contribution in [-0.4, -0.2) is 43.6 Å². The molecule has 0 rings (SSSR count). The highest BCUT2D eigenvalue weighted by Crippen LogP contribution is 2.08. The van der Waals surface area contributed by atoms with Gasteiger partial charge < -0.3 is 10.5 Å². The number of nitrogens with two attached hydrogens (primary N) is 1. The fourth-order valence-electron chi connectivity index (χ4n) is 1.75. The smallest absolute Gasteiger partial charge is 0.0918 e. The van der Waals surface area contributed by atoms with Gasteiger partial charge in [-0.15, -0.1) is 0 Å². The first-order valence-corrected chi connectivity index (χ1v) is 5.71. The molecule has 0 saturated heterocycles. The highest BCUT2D eigenvalue weighted by molar-refractivity contribution is 5.76. The Bertz CT molecular complexity index is 169. The fourth-order valence-corrected chi connectivity index (χ4v) is 1.75. The van der Waals surface area contributed by atoms with Gasteiger partial charge in [-0.3, -0.25) is 10.3 Å². The van der Waals surface area contributed by atoms with Crippen LogP contribution in [0.5, 0.6) is 0 Å². The third-order valence-electron chi connectivity index (χ3n) is 2.71. The maximum absolute atomic E-state index is 7.24. The average molecular weight is 215 g/mol. The van der Waals surface area contributed by atoms with Crippen molar-refractivity contribution < 1.29 is 4.74 Å². The lowest BCUT2D eigenvalue weighted by Gasteiger charge is -2.30. The second-order valence-corrected chi connectivity index (χ2v) is 3.77. The normalized spacial score (nSPS) is 11.3. The summed E-state index contributed by atoms with van der Waals surface area (Å²) in [6.07, 6.45) is 2.93. The molecule has 0 radical (unpaired) electrons. The van der Waals surface area contributed by atoms with Crippen LogP contribution in [-0.2, 0) is 4.74 Å². The van der Waals surface area contributed by atoms with Gasteiger partial charge in [-0.2, -0.15) is 0 Å². The molecule has 0 aromatic heterocycles. The van der Waals surface area contributed by atoms with Gasteiger partial charge >= 0.3 is 0 Å². The molecule has 0 bridgehead atoms. The van der Waals surface area contributed by atoms with Crippen molar-refractivity contribution in [1.29, 1.82) is 5.41 Å². The van der Waals surface area contributed by atoms with Gasteiger partial charge in [0.1, 0.15) is 0 Å². The van der Waals surface area contributed by atoms with E-state index in [0.717, 1.165) is 32.5 Å². The first kappa shape index (κ1) is 14.4. The largest absolute Gasteiger partial charge is 0.388 e. The molecule has 0 heterocycles. The summed E-state index contributed by atoms with van der Waals surface area (Å²) >= 11 is 0. The lowest BCUT2D eigenvalue weighted by Crippen LogP contribution is -2.39. The van der Waals surface area contributed by atoms with Crippen LogP contribution >= 0.6 is 0 Å². The van der Waals surface area contributed by atoms with Gasteiger partial charge in [0, 0.05) is 32.7 Å². The van der Waals surface area contributed by atoms with E-state index in [1.54, 1.807) is 7.11 Å². The fraction of sp³-hybridized carbons (Fsp3) is 0.909. The topological polar surface area (TPSA) is 62.3 Å². The summed E-state index contributed by atoms with van der Waals surface area (Å²) in [4.78, 5) is 2.37. The van der Waals surface area contributed by atoms with Crippen molar-refractivity contribution in [2.45, 2.75) is 39.2 Å². The molecule has 0 aromatic carbocycles. The van der Waals surface area contributed by atoms with E-state index in [9.17, 15) is 0 Å². The van der Waals surface area contributed by atoms with Gasteiger partial charge in [0.15, 0.2) is 0 Å². The van der Waals surface area contributed by atoms with E-state index in [2.05, 4.69) is 18.7 Å². The lowest BCUT2D eigenvalue weighted by molar-refractivity contribution is 0.117. The van der Waals surface area contributed by atoms with E-state index in [0.29, 0.717) is 12.5 Å². The molecule has 15 heavy (non-hydrogen) atoms. The van der Waals surface area contributed by atoms with Gasteiger partial charge in [-0.25, -0.2) is 0 Å². The average Bonchev–Trinajstić information content (AvgIpc) is 2.22. The molecule has 3 N–H and O–H groups in total. The van der Waals surface area contributed by atoms with Crippen molar-refractivity contribution >= 4 is 5.84 Å². The standard InChI is InChI=1S/C11H25N3O/c1-4-10(5-2)14(8-9-15-3)7-6-11(12)13/h10H,4-9H2,1-3H3,(H3,12,13). The molecule has 4 heteroatoms. The number of ether oxygens (including phenoxy) is 1. The second kappa shape index (κ2) is 8.68. The quantitative estimate of drug-likeness (QED) is 0.452. The van der Waals surface area contributed by atoms with Gasteiger partial charge in [0.05, 0.1) is 12.4 Å². The van der Waals surface area contributed by atoms with Crippen LogP contribution in [0.1, 0.15) is 33.1 Å². The van der Waals surface area contributed by atoms with Gasteiger partial charge in [0.2, 0.25) is 0 Å². The molecule has 0 saturated carbocycles. The molecule has 0 aliphatic heterocycles. The lowest BCUT2D eigenvalue weighted by atomic mass is 10.1. The zero-order valence-electron chi connectivity index (χ0n) is 10.3. The molecule has 0 unspecified atom stereocenters. The highest BCUT2D eigenvalue weighted by Gasteiger charge is 2.14. The Morgan fingerprint density at radius 3 is 2.33 bits per heavy atom. The summed E-state index contributed by atoms with van der Waals surface area (Å²) in [5.41, 5.74) is 5.38. The second-order valence-electron chi connectivity index (χ2n) is 3.77. The van der Waals surface area contributed by atoms with E-state index < -0.39 is 0 Å². The Kier molecular flexibility index (Phi) is 8.33. The first-order chi connectivity index (χ1) is 7.15. The molecule has 0 atom stereocenters. The van der Waals surface area contributed by atoms with Gasteiger partial charge in [0.25, 0.3) is 0 Å². The molecule has 0 aliphatic carbocycles. The zero-order valence-corrected chi connectivity index (χ0v) is 10.3. The van der Waals surface area contributed by atoms with E-state index in [1.807, 2.05) is 0 Å². The maximum Gasteiger partial charge on any atom is 0.0918 e. The van der Waals surface area contributed by atoms with Crippen LogP contribution in [0.15, 0.2) is 0 Å². The third-order valence-corrected chi connectivity index (χ3v) is 2.71. The molecule has 4 nitrogen and oxygen atoms in total. The zero-order chi connectivity index (χ0) is 11.7. The summed E-state index contributed by atoms with van der Waals surface area (Å²) in [5, 5.41) is 7.24. The third kappa shape index (κ3) is 6.47. The van der Waals surface area contributed by atoms with Crippen LogP contribution in [0.2, 0.25) is 0 Å². The number of nitrogens with one attached hydrogen (secondary N) is 1. The number of amidine groups is 1. The minimum Gasteiger partial charge on any atom is -0.388 e. The van der Waals surface area contributed by atoms with Crippen molar-refractivity contribution in [3.8, 4) is 0 Å². The summed E-state index contributed by atoms with van der Waals surface area (Å²) in [6.45, 7) is 6.93. The van der Waals surface area contributed by atoms with Crippen LogP contribution in [0, 0.1) is 5.41 Å². The van der Waals surface area contributed by atoms with Crippen LogP contribution in [0.25, 0.3) is 0 Å². The number of rotatable bonds is 9. The molecule has 0 aliphatic rings. The predicted octanol–water partition coefficient (Wildman–Crippen LogP) is 1.45. The van der Waals surface area contributed by atoms with E-state index in [-0.39, 0.29) is 5.84 Å². The number of nitrogens with zero attached hydrogens (tertiary/aromatic N) is 1. The minimum atomic E-state index is 0.267. The molecule has 90 valence electrons. The molecule has 0 aromatic rings. The molecular formula is C11H25N3O. The molecule has 0 amide bonds. The number of methoxy groups -OCH3 is 1. The van der Waals surface area contributed by atoms with Gasteiger partial charge in [-0.1, -0.05) is 13.8 Å². The van der Waals surface area contributed by atoms with Crippen LogP contribution in [0.3, 0.4) is 0 Å². The van der Waals surface area contributed by atoms with Crippen molar-refractivity contribution in [3.05, 3.63) is 0 Å². The Balaban J connectivity index is 4.08. The summed E-state index contributed by atoms with van der Waals surface area (Å²) in [5.74, 6) is 0.267. The monoisotopic (exact) mass is 215 g/mol. The Labute approximate surface area is 93.3 Å². The van der Waals surface area contributed by atoms with Crippen molar-refractivity contribution in [3.63, 3.8) is 0 Å². The summed E-state index contributed by atoms with van der Waals surface area (Å²) in [6, 6.07) is 0.583. The summed E-state index contributed by atoms with van der Waals surface area (Å²) < 4.78 is 5.09. The van der Waals surface area contributed by atoms with Crippen molar-refractivity contribution in [2.24, 2.45) is 5.73 Å². The first-order valence-electron chi connectivity index (χ1n) is 5.71. The van der Waals surface area contributed by atoms with Crippen LogP contribution < -0.4 is 5.73 Å². The van der Waals surface area contributed by atoms with E-state index >= 15 is 0 Å². The number of hydrogen-bond donors (Lipinski definition) is 2. The molecule has 0 spiro atoms. The van der Waals surface area contributed by atoms with Gasteiger partial charge in [-0.05, 0) is 12.8 Å². The van der Waals surface area contributed by atoms with Crippen molar-refractivity contribution in [1.82, 2.24) is 4.90 Å². The Hall–Kier alpha value is -0.610. The Morgan fingerprint density at radius 1 is 1.33 bits per heavy atom. The maximum atomic E-state index is 7.24. The van der Waals surface area contributed by atoms with Crippen LogP contribution in [0.4, 0.5) is 0 Å². The SMILES string of the molecule is CCC(CC)N(CCOC)CCC(=N)N. The Morgan fingerprint density at radius 2 is 1.93 bits per heavy atom. The van der Waals surface area contributed by atoms with E-state index in [1.165, 1.54) is 0 Å². The highest BCUT2D eigenvalue weighted by atomic mass is 16.5. The molecular weight excluding hydrogens is 190 g/mol. The predicted molar refractivity (Wildman–Crippen MR) is 64.4 cm³/mol. The minimum absolute atomic E-state index is 0.267. The van der Waals surface area contributed by atoms with E-state index in [4.69, 9.17) is 15.9 Å². The summed E-state index contributed by atoms with van der Waals surface area (Å²) in [7, 11) is 1.72. The van der Waals surface area contributed by atoms with Crippen molar-refractivity contribution in [2.75, 3.05) is 26.8 Å². The molecule has 0 fully saturated rings. The number of hydrogen-bond acceptors (Lipinski definition) is 3.